The molecule has 1 N–H and O–H groups in total. The maximum absolute atomic E-state index is 11.2. The molecule has 5 heteroatoms. The highest BCUT2D eigenvalue weighted by molar-refractivity contribution is 5.58. The van der Waals surface area contributed by atoms with Crippen LogP contribution in [-0.2, 0) is 9.63 Å². The minimum absolute atomic E-state index is 0.0225. The highest BCUT2D eigenvalue weighted by atomic mass is 16.7. The van der Waals surface area contributed by atoms with Crippen molar-refractivity contribution in [3.63, 3.8) is 0 Å². The summed E-state index contributed by atoms with van der Waals surface area (Å²) in [7, 11) is 0. The lowest BCUT2D eigenvalue weighted by Gasteiger charge is -2.31. The van der Waals surface area contributed by atoms with Crippen molar-refractivity contribution in [2.75, 3.05) is 19.8 Å². The molecule has 1 saturated heterocycles. The highest BCUT2D eigenvalue weighted by Crippen LogP contribution is 2.31. The van der Waals surface area contributed by atoms with Gasteiger partial charge in [0.05, 0.1) is 25.3 Å². The summed E-state index contributed by atoms with van der Waals surface area (Å²) < 4.78 is 0. The Labute approximate surface area is 101 Å². The third kappa shape index (κ3) is 2.07. The van der Waals surface area contributed by atoms with Gasteiger partial charge in [-0.05, 0) is 6.92 Å². The Bertz CT molecular complexity index is 343. The molecular weight excluding hydrogens is 220 g/mol. The third-order valence-corrected chi connectivity index (χ3v) is 3.34. The van der Waals surface area contributed by atoms with Gasteiger partial charge in [0.15, 0.2) is 6.29 Å². The SMILES string of the molecule is C=CCON1C(C=O)N2C[C@H]1C=C(C)[C@H]2CO. The minimum Gasteiger partial charge on any atom is -0.394 e. The van der Waals surface area contributed by atoms with Gasteiger partial charge in [-0.3, -0.25) is 9.74 Å². The van der Waals surface area contributed by atoms with Crippen LogP contribution in [0.5, 0.6) is 0 Å². The van der Waals surface area contributed by atoms with Crippen LogP contribution in [0.25, 0.3) is 0 Å². The van der Waals surface area contributed by atoms with Crippen molar-refractivity contribution in [1.29, 1.82) is 0 Å². The fraction of sp³-hybridized carbons (Fsp3) is 0.583. The molecule has 17 heavy (non-hydrogen) atoms. The minimum atomic E-state index is -0.425. The number of nitrogens with zero attached hydrogens (tertiary/aromatic N) is 2. The number of carbonyl (C=O) groups excluding carboxylic acids is 1. The van der Waals surface area contributed by atoms with Gasteiger partial charge in [0.1, 0.15) is 6.17 Å². The summed E-state index contributed by atoms with van der Waals surface area (Å²) in [5.41, 5.74) is 1.08. The van der Waals surface area contributed by atoms with Crippen molar-refractivity contribution >= 4 is 6.29 Å². The molecule has 5 nitrogen and oxygen atoms in total. The average molecular weight is 238 g/mol. The summed E-state index contributed by atoms with van der Waals surface area (Å²) in [5, 5.41) is 11.1. The molecule has 0 saturated carbocycles. The quantitative estimate of drug-likeness (QED) is 0.537. The maximum Gasteiger partial charge on any atom is 0.154 e. The van der Waals surface area contributed by atoms with Crippen LogP contribution >= 0.6 is 0 Å². The third-order valence-electron chi connectivity index (χ3n) is 3.34. The second kappa shape index (κ2) is 5.10. The number of aldehydes is 1. The number of hydroxylamine groups is 2. The van der Waals surface area contributed by atoms with Crippen molar-refractivity contribution in [1.82, 2.24) is 9.96 Å². The first-order chi connectivity index (χ1) is 8.22. The first-order valence-electron chi connectivity index (χ1n) is 5.75. The Hall–Kier alpha value is -1.01. The number of rotatable bonds is 5. The molecule has 2 rings (SSSR count). The van der Waals surface area contributed by atoms with E-state index in [0.29, 0.717) is 13.2 Å². The van der Waals surface area contributed by atoms with Crippen LogP contribution in [0.3, 0.4) is 0 Å². The maximum atomic E-state index is 11.2. The van der Waals surface area contributed by atoms with Gasteiger partial charge < -0.3 is 9.90 Å². The molecule has 2 aliphatic rings. The van der Waals surface area contributed by atoms with Crippen molar-refractivity contribution in [2.45, 2.75) is 25.2 Å². The van der Waals surface area contributed by atoms with Crippen molar-refractivity contribution < 1.29 is 14.7 Å². The van der Waals surface area contributed by atoms with E-state index in [0.717, 1.165) is 11.9 Å². The van der Waals surface area contributed by atoms with E-state index in [1.54, 1.807) is 11.1 Å². The highest BCUT2D eigenvalue weighted by Gasteiger charge is 2.45. The molecular formula is C12H18N2O3. The van der Waals surface area contributed by atoms with Crippen LogP contribution in [0.4, 0.5) is 0 Å². The molecule has 0 spiro atoms. The van der Waals surface area contributed by atoms with Crippen LogP contribution in [0.15, 0.2) is 24.3 Å². The fourth-order valence-electron chi connectivity index (χ4n) is 2.56. The fourth-order valence-corrected chi connectivity index (χ4v) is 2.56. The van der Waals surface area contributed by atoms with E-state index >= 15 is 0 Å². The Kier molecular flexibility index (Phi) is 3.73. The number of hydrogen-bond acceptors (Lipinski definition) is 5. The summed E-state index contributed by atoms with van der Waals surface area (Å²) in [5.74, 6) is 0. The normalized spacial score (nSPS) is 36.7. The molecule has 0 amide bonds. The molecule has 1 fully saturated rings. The van der Waals surface area contributed by atoms with E-state index in [2.05, 4.69) is 12.7 Å². The molecule has 4 atom stereocenters. The van der Waals surface area contributed by atoms with Gasteiger partial charge >= 0.3 is 0 Å². The van der Waals surface area contributed by atoms with Gasteiger partial charge in [-0.2, -0.15) is 5.06 Å². The second-order valence-electron chi connectivity index (χ2n) is 4.37. The van der Waals surface area contributed by atoms with Gasteiger partial charge in [-0.1, -0.05) is 17.7 Å². The predicted octanol–water partition coefficient (Wildman–Crippen LogP) is -0.0640. The Morgan fingerprint density at radius 1 is 1.71 bits per heavy atom. The number of fused-ring (bicyclic) bond motifs is 2. The van der Waals surface area contributed by atoms with E-state index in [9.17, 15) is 9.90 Å². The zero-order valence-electron chi connectivity index (χ0n) is 9.95. The zero-order chi connectivity index (χ0) is 12.4. The Morgan fingerprint density at radius 3 is 3.06 bits per heavy atom. The van der Waals surface area contributed by atoms with E-state index in [-0.39, 0.29) is 18.7 Å². The van der Waals surface area contributed by atoms with Crippen LogP contribution in [0.1, 0.15) is 6.92 Å². The molecule has 2 bridgehead atoms. The van der Waals surface area contributed by atoms with E-state index in [4.69, 9.17) is 4.84 Å². The molecule has 0 aromatic rings. The lowest BCUT2D eigenvalue weighted by atomic mass is 10.0. The summed E-state index contributed by atoms with van der Waals surface area (Å²) in [6.07, 6.45) is 4.15. The van der Waals surface area contributed by atoms with Gasteiger partial charge in [0, 0.05) is 6.54 Å². The van der Waals surface area contributed by atoms with Crippen molar-refractivity contribution in [2.24, 2.45) is 0 Å². The summed E-state index contributed by atoms with van der Waals surface area (Å²) >= 11 is 0. The number of aliphatic hydroxyl groups is 1. The van der Waals surface area contributed by atoms with Crippen molar-refractivity contribution in [3.05, 3.63) is 24.3 Å². The summed E-state index contributed by atoms with van der Waals surface area (Å²) in [6, 6.07) is -0.00766. The summed E-state index contributed by atoms with van der Waals surface area (Å²) in [4.78, 5) is 18.7. The van der Waals surface area contributed by atoms with Gasteiger partial charge in [-0.15, -0.1) is 6.58 Å². The zero-order valence-corrected chi connectivity index (χ0v) is 9.95. The van der Waals surface area contributed by atoms with Crippen molar-refractivity contribution in [3.8, 4) is 0 Å². The number of hydrogen-bond donors (Lipinski definition) is 1. The second-order valence-corrected chi connectivity index (χ2v) is 4.37. The first-order valence-corrected chi connectivity index (χ1v) is 5.75. The molecule has 2 heterocycles. The molecule has 2 aliphatic heterocycles. The van der Waals surface area contributed by atoms with E-state index < -0.39 is 6.17 Å². The van der Waals surface area contributed by atoms with E-state index in [1.165, 1.54) is 0 Å². The monoisotopic (exact) mass is 238 g/mol. The average Bonchev–Trinajstić information content (AvgIpc) is 2.60. The van der Waals surface area contributed by atoms with Crippen LogP contribution in [0.2, 0.25) is 0 Å². The number of aliphatic hydroxyl groups excluding tert-OH is 1. The van der Waals surface area contributed by atoms with E-state index in [1.807, 2.05) is 11.8 Å². The summed E-state index contributed by atoms with van der Waals surface area (Å²) in [6.45, 7) is 6.68. The molecule has 94 valence electrons. The standard InChI is InChI=1S/C12H18N2O3/c1-3-4-17-14-10-5-9(2)11(7-15)13(6-10)12(14)8-16/h3,5,8,10-12,15H,1,4,6-7H2,2H3/t10-,11-,12?/m1/s1. The van der Waals surface area contributed by atoms with Gasteiger partial charge in [0.25, 0.3) is 0 Å². The molecule has 0 aromatic heterocycles. The Morgan fingerprint density at radius 2 is 2.47 bits per heavy atom. The first kappa shape index (κ1) is 12.4. The lowest BCUT2D eigenvalue weighted by molar-refractivity contribution is -0.185. The molecule has 0 aromatic carbocycles. The van der Waals surface area contributed by atoms with Crippen LogP contribution in [0, 0.1) is 0 Å². The lowest BCUT2D eigenvalue weighted by Crippen LogP contribution is -2.46. The Balaban J connectivity index is 2.21. The topological polar surface area (TPSA) is 53.0 Å². The van der Waals surface area contributed by atoms with Crippen LogP contribution in [-0.4, -0.2) is 59.4 Å². The molecule has 0 aliphatic carbocycles. The molecule has 0 radical (unpaired) electrons. The van der Waals surface area contributed by atoms with Gasteiger partial charge in [0.2, 0.25) is 0 Å². The predicted molar refractivity (Wildman–Crippen MR) is 63.0 cm³/mol. The van der Waals surface area contributed by atoms with Gasteiger partial charge in [-0.25, -0.2) is 0 Å². The smallest absolute Gasteiger partial charge is 0.154 e. The molecule has 2 unspecified atom stereocenters. The largest absolute Gasteiger partial charge is 0.394 e. The number of carbonyl (C=O) groups is 1. The van der Waals surface area contributed by atoms with Crippen LogP contribution < -0.4 is 0 Å².